The van der Waals surface area contributed by atoms with Gasteiger partial charge in [-0.15, -0.1) is 0 Å². The number of amides is 1. The molecule has 128 valence electrons. The summed E-state index contributed by atoms with van der Waals surface area (Å²) in [5.41, 5.74) is -0.134. The Balaban J connectivity index is 2.25. The van der Waals surface area contributed by atoms with Crippen LogP contribution in [0.1, 0.15) is 12.5 Å². The zero-order valence-electron chi connectivity index (χ0n) is 12.7. The second-order valence-electron chi connectivity index (χ2n) is 4.77. The van der Waals surface area contributed by atoms with Crippen molar-refractivity contribution in [3.05, 3.63) is 47.3 Å². The Hall–Kier alpha value is -2.84. The van der Waals surface area contributed by atoms with Gasteiger partial charge in [0.2, 0.25) is 17.5 Å². The molecule has 0 bridgehead atoms. The maximum atomic E-state index is 13.5. The van der Waals surface area contributed by atoms with Crippen LogP contribution in [0.3, 0.4) is 0 Å². The van der Waals surface area contributed by atoms with Crippen LogP contribution in [0.15, 0.2) is 18.2 Å². The number of rotatable bonds is 5. The number of methoxy groups -OCH3 is 1. The van der Waals surface area contributed by atoms with E-state index in [2.05, 4.69) is 15.6 Å². The first-order valence-corrected chi connectivity index (χ1v) is 6.71. The number of nitrogens with one attached hydrogen (secondary N) is 2. The average Bonchev–Trinajstić information content (AvgIpc) is 2.52. The Labute approximate surface area is 134 Å². The minimum absolute atomic E-state index is 0.159. The standard InChI is InChI=1S/C15H13F4N3O2/c1-7(23)21-9-5-8(3-4-10(9)24-2)6-20-13-11(16)14(18)22-15(19)12(13)17/h3-5H,6H2,1-2H3,(H,20,22)(H,21,23). The molecule has 0 aliphatic heterocycles. The van der Waals surface area contributed by atoms with Gasteiger partial charge in [0, 0.05) is 13.5 Å². The van der Waals surface area contributed by atoms with Gasteiger partial charge in [-0.1, -0.05) is 6.07 Å². The van der Waals surface area contributed by atoms with Crippen LogP contribution in [0.4, 0.5) is 28.9 Å². The molecule has 0 unspecified atom stereocenters. The molecule has 1 amide bonds. The summed E-state index contributed by atoms with van der Waals surface area (Å²) in [6.45, 7) is 1.14. The van der Waals surface area contributed by atoms with E-state index >= 15 is 0 Å². The normalized spacial score (nSPS) is 10.4. The average molecular weight is 343 g/mol. The van der Waals surface area contributed by atoms with E-state index in [-0.39, 0.29) is 12.5 Å². The zero-order chi connectivity index (χ0) is 17.9. The van der Waals surface area contributed by atoms with Crippen molar-refractivity contribution in [1.82, 2.24) is 4.98 Å². The van der Waals surface area contributed by atoms with Gasteiger partial charge in [0.25, 0.3) is 11.9 Å². The SMILES string of the molecule is COc1ccc(CNc2c(F)c(F)nc(F)c2F)cc1NC(C)=O. The van der Waals surface area contributed by atoms with E-state index in [1.54, 1.807) is 6.07 Å². The number of carbonyl (C=O) groups excluding carboxylic acids is 1. The minimum Gasteiger partial charge on any atom is -0.495 e. The molecule has 0 atom stereocenters. The first-order chi connectivity index (χ1) is 11.3. The fourth-order valence-electron chi connectivity index (χ4n) is 1.99. The number of hydrogen-bond acceptors (Lipinski definition) is 4. The van der Waals surface area contributed by atoms with Crippen LogP contribution in [0.25, 0.3) is 0 Å². The molecule has 1 aromatic carbocycles. The Kier molecular flexibility index (Phi) is 5.22. The number of nitrogens with zero attached hydrogens (tertiary/aromatic N) is 1. The maximum absolute atomic E-state index is 13.5. The first kappa shape index (κ1) is 17.5. The van der Waals surface area contributed by atoms with Crippen LogP contribution in [0.5, 0.6) is 5.75 Å². The predicted octanol–water partition coefficient (Wildman–Crippen LogP) is 3.22. The molecule has 2 N–H and O–H groups in total. The maximum Gasteiger partial charge on any atom is 0.253 e. The van der Waals surface area contributed by atoms with Crippen molar-refractivity contribution < 1.29 is 27.1 Å². The van der Waals surface area contributed by atoms with Crippen LogP contribution < -0.4 is 15.4 Å². The summed E-state index contributed by atoms with van der Waals surface area (Å²) in [5.74, 6) is -6.69. The second-order valence-corrected chi connectivity index (χ2v) is 4.77. The second kappa shape index (κ2) is 7.16. The van der Waals surface area contributed by atoms with Gasteiger partial charge >= 0.3 is 0 Å². The summed E-state index contributed by atoms with van der Waals surface area (Å²) in [6.07, 6.45) is 0. The Morgan fingerprint density at radius 2 is 1.79 bits per heavy atom. The molecule has 2 aromatic rings. The minimum atomic E-state index is -1.75. The highest BCUT2D eigenvalue weighted by Crippen LogP contribution is 2.27. The number of carbonyl (C=O) groups is 1. The molecule has 24 heavy (non-hydrogen) atoms. The van der Waals surface area contributed by atoms with E-state index in [1.807, 2.05) is 0 Å². The number of benzene rings is 1. The van der Waals surface area contributed by atoms with E-state index in [0.29, 0.717) is 17.0 Å². The number of aromatic nitrogens is 1. The van der Waals surface area contributed by atoms with Crippen LogP contribution >= 0.6 is 0 Å². The third kappa shape index (κ3) is 3.73. The van der Waals surface area contributed by atoms with Crippen molar-refractivity contribution in [1.29, 1.82) is 0 Å². The molecule has 9 heteroatoms. The molecule has 0 aliphatic carbocycles. The monoisotopic (exact) mass is 343 g/mol. The van der Waals surface area contributed by atoms with Crippen LogP contribution in [0.2, 0.25) is 0 Å². The smallest absolute Gasteiger partial charge is 0.253 e. The van der Waals surface area contributed by atoms with Gasteiger partial charge < -0.3 is 15.4 Å². The molecular weight excluding hydrogens is 330 g/mol. The first-order valence-electron chi connectivity index (χ1n) is 6.71. The summed E-state index contributed by atoms with van der Waals surface area (Å²) in [4.78, 5) is 13.6. The Morgan fingerprint density at radius 1 is 1.17 bits per heavy atom. The van der Waals surface area contributed by atoms with Gasteiger partial charge in [-0.3, -0.25) is 4.79 Å². The molecule has 2 rings (SSSR count). The van der Waals surface area contributed by atoms with Gasteiger partial charge in [0.05, 0.1) is 12.8 Å². The van der Waals surface area contributed by atoms with Gasteiger partial charge in [0.15, 0.2) is 0 Å². The van der Waals surface area contributed by atoms with Gasteiger partial charge in [-0.2, -0.15) is 22.5 Å². The summed E-state index contributed by atoms with van der Waals surface area (Å²) >= 11 is 0. The third-order valence-corrected chi connectivity index (χ3v) is 3.04. The highest BCUT2D eigenvalue weighted by Gasteiger charge is 2.20. The van der Waals surface area contributed by atoms with Crippen molar-refractivity contribution in [2.75, 3.05) is 17.7 Å². The Bertz CT molecular complexity index is 758. The largest absolute Gasteiger partial charge is 0.495 e. The van der Waals surface area contributed by atoms with Crippen LogP contribution in [0, 0.1) is 23.5 Å². The van der Waals surface area contributed by atoms with E-state index in [1.165, 1.54) is 26.2 Å². The molecular formula is C15H13F4N3O2. The molecule has 5 nitrogen and oxygen atoms in total. The lowest BCUT2D eigenvalue weighted by molar-refractivity contribution is -0.114. The predicted molar refractivity (Wildman–Crippen MR) is 78.7 cm³/mol. The van der Waals surface area contributed by atoms with E-state index < -0.39 is 29.2 Å². The zero-order valence-corrected chi connectivity index (χ0v) is 12.7. The fourth-order valence-corrected chi connectivity index (χ4v) is 1.99. The molecule has 0 spiro atoms. The van der Waals surface area contributed by atoms with Crippen molar-refractivity contribution in [3.63, 3.8) is 0 Å². The van der Waals surface area contributed by atoms with E-state index in [0.717, 1.165) is 0 Å². The molecule has 0 saturated heterocycles. The van der Waals surface area contributed by atoms with E-state index in [4.69, 9.17) is 4.74 Å². The molecule has 0 aliphatic rings. The highest BCUT2D eigenvalue weighted by atomic mass is 19.2. The summed E-state index contributed by atoms with van der Waals surface area (Å²) < 4.78 is 58.2. The van der Waals surface area contributed by atoms with E-state index in [9.17, 15) is 22.4 Å². The molecule has 0 radical (unpaired) electrons. The number of hydrogen-bond donors (Lipinski definition) is 2. The molecule has 1 aromatic heterocycles. The number of anilines is 2. The van der Waals surface area contributed by atoms with Crippen molar-refractivity contribution in [3.8, 4) is 5.75 Å². The summed E-state index contributed by atoms with van der Waals surface area (Å²) in [5, 5.41) is 4.81. The summed E-state index contributed by atoms with van der Waals surface area (Å²) in [7, 11) is 1.41. The van der Waals surface area contributed by atoms with Gasteiger partial charge in [-0.05, 0) is 17.7 Å². The Morgan fingerprint density at radius 3 is 2.33 bits per heavy atom. The topological polar surface area (TPSA) is 63.2 Å². The lowest BCUT2D eigenvalue weighted by Gasteiger charge is -2.13. The fraction of sp³-hybridized carbons (Fsp3) is 0.200. The number of halogens is 4. The van der Waals surface area contributed by atoms with Gasteiger partial charge in [0.1, 0.15) is 11.4 Å². The quantitative estimate of drug-likeness (QED) is 0.646. The number of pyridine rings is 1. The van der Waals surface area contributed by atoms with Crippen molar-refractivity contribution in [2.24, 2.45) is 0 Å². The number of ether oxygens (including phenoxy) is 1. The lowest BCUT2D eigenvalue weighted by Crippen LogP contribution is -2.11. The lowest BCUT2D eigenvalue weighted by atomic mass is 10.1. The van der Waals surface area contributed by atoms with Crippen LogP contribution in [-0.2, 0) is 11.3 Å². The van der Waals surface area contributed by atoms with Crippen molar-refractivity contribution >= 4 is 17.3 Å². The van der Waals surface area contributed by atoms with Crippen molar-refractivity contribution in [2.45, 2.75) is 13.5 Å². The highest BCUT2D eigenvalue weighted by molar-refractivity contribution is 5.90. The third-order valence-electron chi connectivity index (χ3n) is 3.04. The molecule has 1 heterocycles. The van der Waals surface area contributed by atoms with Gasteiger partial charge in [-0.25, -0.2) is 0 Å². The summed E-state index contributed by atoms with van der Waals surface area (Å²) in [6, 6.07) is 4.58. The molecule has 0 saturated carbocycles. The molecule has 0 fully saturated rings. The van der Waals surface area contributed by atoms with Crippen LogP contribution in [-0.4, -0.2) is 18.0 Å².